The molecule has 0 radical (unpaired) electrons. The number of rotatable bonds is 5. The quantitative estimate of drug-likeness (QED) is 0.593. The molecule has 0 aliphatic rings. The predicted octanol–water partition coefficient (Wildman–Crippen LogP) is 5.65. The minimum atomic E-state index is -0.609. The highest BCUT2D eigenvalue weighted by Crippen LogP contribution is 2.32. The van der Waals surface area contributed by atoms with Crippen molar-refractivity contribution in [3.63, 3.8) is 0 Å². The molecule has 1 aromatic heterocycles. The number of hydrogen-bond donors (Lipinski definition) is 2. The van der Waals surface area contributed by atoms with Gasteiger partial charge in [0.2, 0.25) is 0 Å². The Bertz CT molecular complexity index is 938. The molecule has 3 rings (SSSR count). The Morgan fingerprint density at radius 1 is 1.19 bits per heavy atom. The van der Waals surface area contributed by atoms with Gasteiger partial charge in [-0.1, -0.05) is 35.0 Å². The second-order valence-corrected chi connectivity index (χ2v) is 6.40. The summed E-state index contributed by atoms with van der Waals surface area (Å²) in [7, 11) is 1.84. The summed E-state index contributed by atoms with van der Waals surface area (Å²) in [4.78, 5) is 12.4. The lowest BCUT2D eigenvalue weighted by atomic mass is 10.1. The van der Waals surface area contributed by atoms with Gasteiger partial charge in [0.15, 0.2) is 5.76 Å². The van der Waals surface area contributed by atoms with Gasteiger partial charge in [-0.2, -0.15) is 0 Å². The molecule has 0 aliphatic carbocycles. The fourth-order valence-corrected chi connectivity index (χ4v) is 2.95. The number of ether oxygens (including phenoxy) is 1. The number of aromatic nitrogens is 1. The Hall–Kier alpha value is -2.99. The second-order valence-electron chi connectivity index (χ2n) is 5.99. The highest BCUT2D eigenvalue weighted by molar-refractivity contribution is 6.31. The SMILES string of the molecule is CNc1ccc(-c2onc(C)c2NC(=O)O[C@H](C)c2ccccc2Cl)cc1. The van der Waals surface area contributed by atoms with Gasteiger partial charge in [0.05, 0.1) is 0 Å². The third kappa shape index (κ3) is 4.23. The molecule has 1 atom stereocenters. The molecule has 0 aliphatic heterocycles. The molecule has 0 saturated heterocycles. The zero-order valence-electron chi connectivity index (χ0n) is 15.2. The molecule has 2 aromatic carbocycles. The number of anilines is 2. The van der Waals surface area contributed by atoms with Gasteiger partial charge < -0.3 is 14.6 Å². The van der Waals surface area contributed by atoms with Crippen molar-refractivity contribution in [2.45, 2.75) is 20.0 Å². The molecule has 0 bridgehead atoms. The topological polar surface area (TPSA) is 76.4 Å². The van der Waals surface area contributed by atoms with Crippen LogP contribution in [-0.2, 0) is 4.74 Å². The zero-order chi connectivity index (χ0) is 19.4. The number of halogens is 1. The van der Waals surface area contributed by atoms with Crippen LogP contribution in [0.2, 0.25) is 5.02 Å². The molecule has 3 aromatic rings. The average Bonchev–Trinajstić information content (AvgIpc) is 3.02. The van der Waals surface area contributed by atoms with E-state index in [1.807, 2.05) is 49.5 Å². The van der Waals surface area contributed by atoms with E-state index in [0.717, 1.165) is 16.8 Å². The van der Waals surface area contributed by atoms with E-state index in [1.54, 1.807) is 19.9 Å². The first-order valence-electron chi connectivity index (χ1n) is 8.46. The third-order valence-corrected chi connectivity index (χ3v) is 4.50. The van der Waals surface area contributed by atoms with Gasteiger partial charge in [0.1, 0.15) is 17.5 Å². The Labute approximate surface area is 162 Å². The van der Waals surface area contributed by atoms with Gasteiger partial charge in [-0.3, -0.25) is 5.32 Å². The van der Waals surface area contributed by atoms with E-state index in [9.17, 15) is 4.79 Å². The third-order valence-electron chi connectivity index (χ3n) is 4.15. The van der Waals surface area contributed by atoms with Gasteiger partial charge in [-0.25, -0.2) is 4.79 Å². The fourth-order valence-electron chi connectivity index (χ4n) is 2.66. The van der Waals surface area contributed by atoms with Crippen LogP contribution in [0.3, 0.4) is 0 Å². The van der Waals surface area contributed by atoms with Crippen molar-refractivity contribution in [3.05, 3.63) is 64.8 Å². The number of benzene rings is 2. The first-order chi connectivity index (χ1) is 13.0. The summed E-state index contributed by atoms with van der Waals surface area (Å²) < 4.78 is 10.9. The smallest absolute Gasteiger partial charge is 0.412 e. The molecule has 0 spiro atoms. The molecular weight excluding hydrogens is 366 g/mol. The molecule has 6 nitrogen and oxygen atoms in total. The highest BCUT2D eigenvalue weighted by atomic mass is 35.5. The highest BCUT2D eigenvalue weighted by Gasteiger charge is 2.20. The molecule has 2 N–H and O–H groups in total. The first-order valence-corrected chi connectivity index (χ1v) is 8.84. The van der Waals surface area contributed by atoms with E-state index in [2.05, 4.69) is 15.8 Å². The molecule has 0 saturated carbocycles. The van der Waals surface area contributed by atoms with Crippen LogP contribution in [0.1, 0.15) is 24.3 Å². The minimum Gasteiger partial charge on any atom is -0.441 e. The number of amides is 1. The van der Waals surface area contributed by atoms with Crippen molar-refractivity contribution in [2.75, 3.05) is 17.7 Å². The molecule has 1 heterocycles. The number of hydrogen-bond acceptors (Lipinski definition) is 5. The van der Waals surface area contributed by atoms with E-state index in [4.69, 9.17) is 20.9 Å². The largest absolute Gasteiger partial charge is 0.441 e. The van der Waals surface area contributed by atoms with Crippen LogP contribution in [0.5, 0.6) is 0 Å². The van der Waals surface area contributed by atoms with Crippen molar-refractivity contribution in [1.29, 1.82) is 0 Å². The van der Waals surface area contributed by atoms with Crippen LogP contribution in [0, 0.1) is 6.92 Å². The van der Waals surface area contributed by atoms with Gasteiger partial charge in [0.25, 0.3) is 0 Å². The van der Waals surface area contributed by atoms with Gasteiger partial charge in [0, 0.05) is 28.9 Å². The maximum absolute atomic E-state index is 12.4. The maximum Gasteiger partial charge on any atom is 0.412 e. The lowest BCUT2D eigenvalue weighted by Crippen LogP contribution is -2.17. The van der Waals surface area contributed by atoms with E-state index in [-0.39, 0.29) is 0 Å². The molecule has 0 fully saturated rings. The standard InChI is InChI=1S/C20H20ClN3O3/c1-12-18(19(27-24-12)14-8-10-15(22-3)11-9-14)23-20(25)26-13(2)16-6-4-5-7-17(16)21/h4-11,13,22H,1-3H3,(H,23,25)/t13-/m1/s1. The van der Waals surface area contributed by atoms with Crippen LogP contribution < -0.4 is 10.6 Å². The van der Waals surface area contributed by atoms with Crippen molar-refractivity contribution in [3.8, 4) is 11.3 Å². The Morgan fingerprint density at radius 2 is 1.89 bits per heavy atom. The summed E-state index contributed by atoms with van der Waals surface area (Å²) in [5.41, 5.74) is 3.54. The summed E-state index contributed by atoms with van der Waals surface area (Å²) in [6.45, 7) is 3.51. The van der Waals surface area contributed by atoms with Gasteiger partial charge >= 0.3 is 6.09 Å². The minimum absolute atomic E-state index is 0.470. The van der Waals surface area contributed by atoms with Crippen LogP contribution in [0.4, 0.5) is 16.2 Å². The number of nitrogens with zero attached hydrogens (tertiary/aromatic N) is 1. The number of aryl methyl sites for hydroxylation is 1. The monoisotopic (exact) mass is 385 g/mol. The number of carbonyl (C=O) groups is 1. The van der Waals surface area contributed by atoms with E-state index < -0.39 is 12.2 Å². The Kier molecular flexibility index (Phi) is 5.66. The number of carbonyl (C=O) groups excluding carboxylic acids is 1. The van der Waals surface area contributed by atoms with Gasteiger partial charge in [-0.15, -0.1) is 0 Å². The van der Waals surface area contributed by atoms with Crippen LogP contribution >= 0.6 is 11.6 Å². The van der Waals surface area contributed by atoms with Crippen molar-refractivity contribution >= 4 is 29.1 Å². The van der Waals surface area contributed by atoms with E-state index >= 15 is 0 Å². The summed E-state index contributed by atoms with van der Waals surface area (Å²) in [5.74, 6) is 0.470. The lowest BCUT2D eigenvalue weighted by molar-refractivity contribution is 0.121. The second kappa shape index (κ2) is 8.14. The van der Waals surface area contributed by atoms with Crippen molar-refractivity contribution in [2.24, 2.45) is 0 Å². The Morgan fingerprint density at radius 3 is 2.56 bits per heavy atom. The number of nitrogens with one attached hydrogen (secondary N) is 2. The van der Waals surface area contributed by atoms with Gasteiger partial charge in [-0.05, 0) is 44.2 Å². The van der Waals surface area contributed by atoms with Crippen LogP contribution in [0.15, 0.2) is 53.1 Å². The molecule has 27 heavy (non-hydrogen) atoms. The molecule has 140 valence electrons. The van der Waals surface area contributed by atoms with E-state index in [0.29, 0.717) is 22.2 Å². The first kappa shape index (κ1) is 18.8. The molecule has 7 heteroatoms. The van der Waals surface area contributed by atoms with Crippen molar-refractivity contribution < 1.29 is 14.1 Å². The van der Waals surface area contributed by atoms with Crippen LogP contribution in [-0.4, -0.2) is 18.3 Å². The zero-order valence-corrected chi connectivity index (χ0v) is 16.0. The van der Waals surface area contributed by atoms with Crippen molar-refractivity contribution in [1.82, 2.24) is 5.16 Å². The maximum atomic E-state index is 12.4. The normalized spacial score (nSPS) is 11.7. The summed E-state index contributed by atoms with van der Waals surface area (Å²) in [5, 5.41) is 10.3. The summed E-state index contributed by atoms with van der Waals surface area (Å²) >= 11 is 6.16. The average molecular weight is 386 g/mol. The predicted molar refractivity (Wildman–Crippen MR) is 106 cm³/mol. The molecule has 1 amide bonds. The Balaban J connectivity index is 1.76. The molecule has 0 unspecified atom stereocenters. The molecular formula is C20H20ClN3O3. The fraction of sp³-hybridized carbons (Fsp3) is 0.200. The summed E-state index contributed by atoms with van der Waals surface area (Å²) in [6.07, 6.45) is -1.11. The van der Waals surface area contributed by atoms with Crippen LogP contribution in [0.25, 0.3) is 11.3 Å². The summed E-state index contributed by atoms with van der Waals surface area (Å²) in [6, 6.07) is 14.8. The van der Waals surface area contributed by atoms with E-state index in [1.165, 1.54) is 0 Å². The lowest BCUT2D eigenvalue weighted by Gasteiger charge is -2.15.